The van der Waals surface area contributed by atoms with Crippen LogP contribution in [0.1, 0.15) is 50.2 Å². The fourth-order valence-electron chi connectivity index (χ4n) is 2.72. The lowest BCUT2D eigenvalue weighted by atomic mass is 9.68. The summed E-state index contributed by atoms with van der Waals surface area (Å²) >= 11 is 0. The van der Waals surface area contributed by atoms with E-state index in [2.05, 4.69) is 26.0 Å². The number of rotatable bonds is 2. The van der Waals surface area contributed by atoms with Gasteiger partial charge < -0.3 is 5.11 Å². The molecule has 0 unspecified atom stereocenters. The third-order valence-electron chi connectivity index (χ3n) is 3.67. The smallest absolute Gasteiger partial charge is 0.303 e. The Morgan fingerprint density at radius 1 is 1.44 bits per heavy atom. The second-order valence-corrected chi connectivity index (χ2v) is 5.30. The Bertz CT molecular complexity index is 407. The predicted octanol–water partition coefficient (Wildman–Crippen LogP) is 3.32. The first-order chi connectivity index (χ1) is 7.50. The first-order valence-corrected chi connectivity index (χ1v) is 5.82. The number of carboxylic acid groups (broad SMARTS) is 1. The van der Waals surface area contributed by atoms with Gasteiger partial charge in [0.15, 0.2) is 0 Å². The van der Waals surface area contributed by atoms with Gasteiger partial charge in [0.2, 0.25) is 0 Å². The molecule has 1 aliphatic rings. The highest BCUT2D eigenvalue weighted by atomic mass is 16.4. The summed E-state index contributed by atoms with van der Waals surface area (Å²) in [5.41, 5.74) is 2.75. The topological polar surface area (TPSA) is 37.3 Å². The molecule has 2 heteroatoms. The van der Waals surface area contributed by atoms with Crippen molar-refractivity contribution >= 4 is 5.97 Å². The molecular weight excluding hydrogens is 200 g/mol. The lowest BCUT2D eigenvalue weighted by Gasteiger charge is -2.36. The van der Waals surface area contributed by atoms with Crippen LogP contribution in [0.15, 0.2) is 24.3 Å². The van der Waals surface area contributed by atoms with Crippen molar-refractivity contribution in [3.63, 3.8) is 0 Å². The maximum absolute atomic E-state index is 10.8. The summed E-state index contributed by atoms with van der Waals surface area (Å²) in [6.45, 7) is 4.48. The summed E-state index contributed by atoms with van der Waals surface area (Å²) in [6.07, 6.45) is 2.31. The molecule has 0 bridgehead atoms. The number of carboxylic acids is 1. The predicted molar refractivity (Wildman–Crippen MR) is 63.7 cm³/mol. The van der Waals surface area contributed by atoms with E-state index < -0.39 is 5.97 Å². The molecule has 0 saturated carbocycles. The van der Waals surface area contributed by atoms with Crippen molar-refractivity contribution in [3.8, 4) is 0 Å². The van der Waals surface area contributed by atoms with Crippen LogP contribution in [0.5, 0.6) is 0 Å². The molecule has 1 atom stereocenters. The van der Waals surface area contributed by atoms with Gasteiger partial charge in [0.1, 0.15) is 0 Å². The molecule has 86 valence electrons. The average Bonchev–Trinajstić information content (AvgIpc) is 2.23. The first kappa shape index (κ1) is 11.2. The summed E-state index contributed by atoms with van der Waals surface area (Å²) in [4.78, 5) is 10.8. The van der Waals surface area contributed by atoms with Crippen LogP contribution < -0.4 is 0 Å². The van der Waals surface area contributed by atoms with E-state index in [0.717, 1.165) is 12.8 Å². The van der Waals surface area contributed by atoms with Crippen LogP contribution in [0.25, 0.3) is 0 Å². The van der Waals surface area contributed by atoms with Crippen LogP contribution in [0.2, 0.25) is 0 Å². The minimum Gasteiger partial charge on any atom is -0.481 e. The quantitative estimate of drug-likeness (QED) is 0.826. The van der Waals surface area contributed by atoms with Gasteiger partial charge in [-0.15, -0.1) is 0 Å². The molecule has 0 amide bonds. The maximum Gasteiger partial charge on any atom is 0.303 e. The summed E-state index contributed by atoms with van der Waals surface area (Å²) in [6, 6.07) is 8.28. The van der Waals surface area contributed by atoms with Crippen molar-refractivity contribution in [2.75, 3.05) is 0 Å². The summed E-state index contributed by atoms with van der Waals surface area (Å²) in [5.74, 6) is -0.499. The highest BCUT2D eigenvalue weighted by Gasteiger charge is 2.32. The highest BCUT2D eigenvalue weighted by Crippen LogP contribution is 2.43. The SMILES string of the molecule is CC1(C)CC[C@H](CC(=O)O)c2ccccc21. The first-order valence-electron chi connectivity index (χ1n) is 5.82. The second kappa shape index (κ2) is 3.93. The van der Waals surface area contributed by atoms with Gasteiger partial charge in [-0.3, -0.25) is 4.79 Å². The lowest BCUT2D eigenvalue weighted by molar-refractivity contribution is -0.137. The van der Waals surface area contributed by atoms with E-state index >= 15 is 0 Å². The van der Waals surface area contributed by atoms with Gasteiger partial charge in [0.05, 0.1) is 6.42 Å². The number of aliphatic carboxylic acids is 1. The summed E-state index contributed by atoms with van der Waals surface area (Å²) in [5, 5.41) is 8.92. The molecule has 2 nitrogen and oxygen atoms in total. The van der Waals surface area contributed by atoms with E-state index in [9.17, 15) is 4.79 Å². The van der Waals surface area contributed by atoms with Gasteiger partial charge in [-0.2, -0.15) is 0 Å². The monoisotopic (exact) mass is 218 g/mol. The molecule has 0 spiro atoms. The molecule has 0 aliphatic heterocycles. The fraction of sp³-hybridized carbons (Fsp3) is 0.500. The van der Waals surface area contributed by atoms with Crippen LogP contribution in [-0.4, -0.2) is 11.1 Å². The molecule has 0 saturated heterocycles. The molecule has 1 aromatic rings. The van der Waals surface area contributed by atoms with E-state index in [1.54, 1.807) is 0 Å². The van der Waals surface area contributed by atoms with E-state index in [4.69, 9.17) is 5.11 Å². The van der Waals surface area contributed by atoms with Gasteiger partial charge in [0, 0.05) is 0 Å². The largest absolute Gasteiger partial charge is 0.481 e. The van der Waals surface area contributed by atoms with Gasteiger partial charge in [0.25, 0.3) is 0 Å². The Hall–Kier alpha value is -1.31. The van der Waals surface area contributed by atoms with Crippen molar-refractivity contribution < 1.29 is 9.90 Å². The average molecular weight is 218 g/mol. The molecule has 1 aliphatic carbocycles. The zero-order valence-electron chi connectivity index (χ0n) is 9.86. The zero-order chi connectivity index (χ0) is 11.8. The Morgan fingerprint density at radius 2 is 2.12 bits per heavy atom. The molecular formula is C14H18O2. The van der Waals surface area contributed by atoms with Gasteiger partial charge in [-0.05, 0) is 35.3 Å². The van der Waals surface area contributed by atoms with Crippen LogP contribution in [0.4, 0.5) is 0 Å². The second-order valence-electron chi connectivity index (χ2n) is 5.30. The van der Waals surface area contributed by atoms with E-state index in [-0.39, 0.29) is 17.8 Å². The maximum atomic E-state index is 10.8. The van der Waals surface area contributed by atoms with Crippen molar-refractivity contribution in [1.82, 2.24) is 0 Å². The number of carbonyl (C=O) groups is 1. The number of hydrogen-bond acceptors (Lipinski definition) is 1. The van der Waals surface area contributed by atoms with E-state index in [0.29, 0.717) is 0 Å². The van der Waals surface area contributed by atoms with Crippen LogP contribution in [-0.2, 0) is 10.2 Å². The molecule has 16 heavy (non-hydrogen) atoms. The minimum atomic E-state index is -0.695. The van der Waals surface area contributed by atoms with Gasteiger partial charge >= 0.3 is 5.97 Å². The van der Waals surface area contributed by atoms with Crippen molar-refractivity contribution in [1.29, 1.82) is 0 Å². The van der Waals surface area contributed by atoms with Crippen molar-refractivity contribution in [2.45, 2.75) is 44.4 Å². The van der Waals surface area contributed by atoms with Gasteiger partial charge in [-0.1, -0.05) is 38.1 Å². The Kier molecular flexibility index (Phi) is 2.75. The lowest BCUT2D eigenvalue weighted by Crippen LogP contribution is -2.27. The molecule has 0 radical (unpaired) electrons. The van der Waals surface area contributed by atoms with Crippen molar-refractivity contribution in [3.05, 3.63) is 35.4 Å². The fourth-order valence-corrected chi connectivity index (χ4v) is 2.72. The van der Waals surface area contributed by atoms with Crippen molar-refractivity contribution in [2.24, 2.45) is 0 Å². The Morgan fingerprint density at radius 3 is 2.81 bits per heavy atom. The molecule has 2 rings (SSSR count). The van der Waals surface area contributed by atoms with Gasteiger partial charge in [-0.25, -0.2) is 0 Å². The highest BCUT2D eigenvalue weighted by molar-refractivity contribution is 5.68. The Balaban J connectivity index is 2.39. The van der Waals surface area contributed by atoms with Crippen LogP contribution in [0, 0.1) is 0 Å². The summed E-state index contributed by atoms with van der Waals surface area (Å²) in [7, 11) is 0. The molecule has 1 N–H and O–H groups in total. The van der Waals surface area contributed by atoms with E-state index in [1.807, 2.05) is 12.1 Å². The van der Waals surface area contributed by atoms with Crippen LogP contribution in [0.3, 0.4) is 0 Å². The standard InChI is InChI=1S/C14H18O2/c1-14(2)8-7-10(9-13(15)16)11-5-3-4-6-12(11)14/h3-6,10H,7-9H2,1-2H3,(H,15,16)/t10-/m1/s1. The minimum absolute atomic E-state index is 0.186. The summed E-state index contributed by atoms with van der Waals surface area (Å²) < 4.78 is 0. The molecule has 0 fully saturated rings. The Labute approximate surface area is 96.3 Å². The number of hydrogen-bond donors (Lipinski definition) is 1. The van der Waals surface area contributed by atoms with E-state index in [1.165, 1.54) is 11.1 Å². The third-order valence-corrected chi connectivity index (χ3v) is 3.67. The normalized spacial score (nSPS) is 22.5. The molecule has 0 heterocycles. The zero-order valence-corrected chi connectivity index (χ0v) is 9.86. The molecule has 1 aromatic carbocycles. The third kappa shape index (κ3) is 1.97. The number of fused-ring (bicyclic) bond motifs is 1. The molecule has 0 aromatic heterocycles. The van der Waals surface area contributed by atoms with Crippen LogP contribution >= 0.6 is 0 Å². The number of benzene rings is 1.